The van der Waals surface area contributed by atoms with Gasteiger partial charge in [0.2, 0.25) is 0 Å². The van der Waals surface area contributed by atoms with Gasteiger partial charge >= 0.3 is 0 Å². The molecule has 86 valence electrons. The van der Waals surface area contributed by atoms with E-state index < -0.39 is 0 Å². The van der Waals surface area contributed by atoms with E-state index in [2.05, 4.69) is 52.9 Å². The van der Waals surface area contributed by atoms with E-state index in [4.69, 9.17) is 0 Å². The third-order valence-corrected chi connectivity index (χ3v) is 3.67. The molecule has 0 heterocycles. The lowest BCUT2D eigenvalue weighted by atomic mass is 10.0. The number of carbonyl (C=O) groups is 1. The first-order valence-corrected chi connectivity index (χ1v) is 6.65. The molecule has 0 aliphatic carbocycles. The van der Waals surface area contributed by atoms with Gasteiger partial charge in [0, 0.05) is 9.13 Å². The molecule has 0 fully saturated rings. The number of hydrogen-bond donors (Lipinski definition) is 0. The quantitative estimate of drug-likeness (QED) is 0.612. The lowest BCUT2D eigenvalue weighted by Crippen LogP contribution is -1.94. The van der Waals surface area contributed by atoms with Crippen LogP contribution in [0.5, 0.6) is 0 Å². The van der Waals surface area contributed by atoms with E-state index >= 15 is 0 Å². The fourth-order valence-electron chi connectivity index (χ4n) is 1.76. The van der Waals surface area contributed by atoms with E-state index in [0.29, 0.717) is 0 Å². The summed E-state index contributed by atoms with van der Waals surface area (Å²) in [7, 11) is 0. The van der Waals surface area contributed by atoms with Crippen LogP contribution in [0.4, 0.5) is 0 Å². The zero-order chi connectivity index (χ0) is 12.1. The van der Waals surface area contributed by atoms with E-state index in [1.807, 2.05) is 18.2 Å². The standard InChI is InChI=1S/C15H13IO/c16-15-10-13(8-9-14(15)11-17)7-6-12-4-2-1-3-5-12/h1-5,8-11H,6-7H2. The third-order valence-electron chi connectivity index (χ3n) is 2.74. The minimum Gasteiger partial charge on any atom is -0.298 e. The minimum absolute atomic E-state index is 0.772. The molecule has 0 saturated carbocycles. The second kappa shape index (κ2) is 5.96. The highest BCUT2D eigenvalue weighted by Gasteiger charge is 2.00. The number of halogens is 1. The molecule has 2 rings (SSSR count). The summed E-state index contributed by atoms with van der Waals surface area (Å²) in [6.07, 6.45) is 2.96. The number of aryl methyl sites for hydroxylation is 2. The zero-order valence-electron chi connectivity index (χ0n) is 9.40. The van der Waals surface area contributed by atoms with Gasteiger partial charge < -0.3 is 0 Å². The lowest BCUT2D eigenvalue weighted by Gasteiger charge is -2.04. The van der Waals surface area contributed by atoms with Crippen molar-refractivity contribution in [1.82, 2.24) is 0 Å². The molecule has 2 heteroatoms. The van der Waals surface area contributed by atoms with Gasteiger partial charge in [-0.2, -0.15) is 0 Å². The molecule has 0 amide bonds. The Hall–Kier alpha value is -1.16. The van der Waals surface area contributed by atoms with Crippen LogP contribution in [0.15, 0.2) is 48.5 Å². The van der Waals surface area contributed by atoms with Crippen LogP contribution in [-0.2, 0) is 12.8 Å². The third kappa shape index (κ3) is 3.40. The minimum atomic E-state index is 0.772. The normalized spacial score (nSPS) is 10.2. The molecule has 0 aromatic heterocycles. The lowest BCUT2D eigenvalue weighted by molar-refractivity contribution is 0.112. The van der Waals surface area contributed by atoms with Crippen molar-refractivity contribution in [3.63, 3.8) is 0 Å². The van der Waals surface area contributed by atoms with Crippen LogP contribution in [0.1, 0.15) is 21.5 Å². The molecular formula is C15H13IO. The molecule has 0 atom stereocenters. The first kappa shape index (κ1) is 12.3. The SMILES string of the molecule is O=Cc1ccc(CCc2ccccc2)cc1I. The van der Waals surface area contributed by atoms with Crippen LogP contribution in [-0.4, -0.2) is 6.29 Å². The first-order chi connectivity index (χ1) is 8.29. The topological polar surface area (TPSA) is 17.1 Å². The maximum atomic E-state index is 10.7. The van der Waals surface area contributed by atoms with Gasteiger partial charge in [0.1, 0.15) is 0 Å². The Morgan fingerprint density at radius 3 is 2.29 bits per heavy atom. The van der Waals surface area contributed by atoms with Crippen LogP contribution in [0.2, 0.25) is 0 Å². The maximum absolute atomic E-state index is 10.7. The van der Waals surface area contributed by atoms with Crippen LogP contribution in [0.3, 0.4) is 0 Å². The van der Waals surface area contributed by atoms with Crippen molar-refractivity contribution in [1.29, 1.82) is 0 Å². The number of carbonyl (C=O) groups excluding carboxylic acids is 1. The van der Waals surface area contributed by atoms with Crippen LogP contribution in [0, 0.1) is 3.57 Å². The molecule has 2 aromatic rings. The Bertz CT molecular complexity index is 506. The summed E-state index contributed by atoms with van der Waals surface area (Å²) >= 11 is 2.21. The predicted molar refractivity (Wildman–Crippen MR) is 78.4 cm³/mol. The van der Waals surface area contributed by atoms with Crippen molar-refractivity contribution in [2.75, 3.05) is 0 Å². The van der Waals surface area contributed by atoms with E-state index in [-0.39, 0.29) is 0 Å². The van der Waals surface area contributed by atoms with E-state index in [1.165, 1.54) is 11.1 Å². The summed E-state index contributed by atoms with van der Waals surface area (Å²) < 4.78 is 1.03. The zero-order valence-corrected chi connectivity index (χ0v) is 11.6. The summed E-state index contributed by atoms with van der Waals surface area (Å²) in [5.41, 5.74) is 3.40. The second-order valence-electron chi connectivity index (χ2n) is 3.96. The summed E-state index contributed by atoms with van der Waals surface area (Å²) in [6, 6.07) is 16.5. The van der Waals surface area contributed by atoms with Gasteiger partial charge in [-0.25, -0.2) is 0 Å². The van der Waals surface area contributed by atoms with E-state index in [9.17, 15) is 4.79 Å². The molecule has 1 nitrogen and oxygen atoms in total. The fourth-order valence-corrected chi connectivity index (χ4v) is 2.46. The van der Waals surface area contributed by atoms with E-state index in [0.717, 1.165) is 28.3 Å². The van der Waals surface area contributed by atoms with Gasteiger partial charge in [-0.05, 0) is 52.6 Å². The molecule has 0 N–H and O–H groups in total. The Balaban J connectivity index is 2.05. The molecular weight excluding hydrogens is 323 g/mol. The Labute approximate surface area is 115 Å². The maximum Gasteiger partial charge on any atom is 0.151 e. The Morgan fingerprint density at radius 2 is 1.65 bits per heavy atom. The van der Waals surface area contributed by atoms with Crippen molar-refractivity contribution in [2.45, 2.75) is 12.8 Å². The molecule has 0 aliphatic rings. The summed E-state index contributed by atoms with van der Waals surface area (Å²) in [4.78, 5) is 10.7. The highest BCUT2D eigenvalue weighted by molar-refractivity contribution is 14.1. The average molecular weight is 336 g/mol. The van der Waals surface area contributed by atoms with E-state index in [1.54, 1.807) is 0 Å². The molecule has 0 bridgehead atoms. The van der Waals surface area contributed by atoms with Gasteiger partial charge in [-0.3, -0.25) is 4.79 Å². The Morgan fingerprint density at radius 1 is 0.941 bits per heavy atom. The molecule has 0 spiro atoms. The first-order valence-electron chi connectivity index (χ1n) is 5.57. The molecule has 2 aromatic carbocycles. The highest BCUT2D eigenvalue weighted by Crippen LogP contribution is 2.14. The highest BCUT2D eigenvalue weighted by atomic mass is 127. The van der Waals surface area contributed by atoms with Crippen LogP contribution >= 0.6 is 22.6 Å². The van der Waals surface area contributed by atoms with Gasteiger partial charge in [-0.1, -0.05) is 42.5 Å². The van der Waals surface area contributed by atoms with Crippen molar-refractivity contribution in [3.8, 4) is 0 Å². The summed E-state index contributed by atoms with van der Waals surface area (Å²) in [6.45, 7) is 0. The fraction of sp³-hybridized carbons (Fsp3) is 0.133. The Kier molecular flexibility index (Phi) is 4.31. The molecule has 0 aliphatic heterocycles. The second-order valence-corrected chi connectivity index (χ2v) is 5.12. The number of benzene rings is 2. The summed E-state index contributed by atoms with van der Waals surface area (Å²) in [5, 5.41) is 0. The van der Waals surface area contributed by atoms with Crippen molar-refractivity contribution in [3.05, 3.63) is 68.8 Å². The van der Waals surface area contributed by atoms with Gasteiger partial charge in [0.05, 0.1) is 0 Å². The molecule has 0 radical (unpaired) electrons. The number of aldehydes is 1. The largest absolute Gasteiger partial charge is 0.298 e. The van der Waals surface area contributed by atoms with Crippen molar-refractivity contribution < 1.29 is 4.79 Å². The monoisotopic (exact) mass is 336 g/mol. The average Bonchev–Trinajstić information content (AvgIpc) is 2.38. The van der Waals surface area contributed by atoms with Crippen LogP contribution < -0.4 is 0 Å². The molecule has 0 saturated heterocycles. The smallest absolute Gasteiger partial charge is 0.151 e. The predicted octanol–water partition coefficient (Wildman–Crippen LogP) is 3.89. The number of rotatable bonds is 4. The van der Waals surface area contributed by atoms with Crippen molar-refractivity contribution >= 4 is 28.9 Å². The molecule has 17 heavy (non-hydrogen) atoms. The van der Waals surface area contributed by atoms with Gasteiger partial charge in [0.15, 0.2) is 6.29 Å². The van der Waals surface area contributed by atoms with Gasteiger partial charge in [0.25, 0.3) is 0 Å². The van der Waals surface area contributed by atoms with Crippen molar-refractivity contribution in [2.24, 2.45) is 0 Å². The number of hydrogen-bond acceptors (Lipinski definition) is 1. The summed E-state index contributed by atoms with van der Waals surface area (Å²) in [5.74, 6) is 0. The van der Waals surface area contributed by atoms with Gasteiger partial charge in [-0.15, -0.1) is 0 Å². The molecule has 0 unspecified atom stereocenters. The van der Waals surface area contributed by atoms with Crippen LogP contribution in [0.25, 0.3) is 0 Å².